The summed E-state index contributed by atoms with van der Waals surface area (Å²) in [6.45, 7) is 0. The van der Waals surface area contributed by atoms with Gasteiger partial charge in [0.15, 0.2) is 5.82 Å². The molecule has 9 aromatic carbocycles. The van der Waals surface area contributed by atoms with E-state index in [4.69, 9.17) is 9.97 Å². The summed E-state index contributed by atoms with van der Waals surface area (Å²) < 4.78 is 7.47. The van der Waals surface area contributed by atoms with Crippen LogP contribution >= 0.6 is 22.7 Å². The minimum atomic E-state index is 0.732. The summed E-state index contributed by atoms with van der Waals surface area (Å²) in [5, 5.41) is 13.6. The number of nitrogens with zero attached hydrogens (tertiary/aromatic N) is 3. The second-order valence-electron chi connectivity index (χ2n) is 14.9. The molecule has 13 rings (SSSR count). The van der Waals surface area contributed by atoms with Crippen molar-refractivity contribution in [2.45, 2.75) is 0 Å². The van der Waals surface area contributed by atoms with Gasteiger partial charge in [0.2, 0.25) is 0 Å². The van der Waals surface area contributed by atoms with E-state index in [1.54, 1.807) is 0 Å². The highest BCUT2D eigenvalue weighted by atomic mass is 32.1. The maximum absolute atomic E-state index is 5.54. The summed E-state index contributed by atoms with van der Waals surface area (Å²) in [6.07, 6.45) is 0. The van der Waals surface area contributed by atoms with Crippen molar-refractivity contribution < 1.29 is 0 Å². The molecule has 0 aliphatic carbocycles. The number of thiophene rings is 2. The maximum atomic E-state index is 5.54. The molecule has 3 nitrogen and oxygen atoms in total. The first-order valence-electron chi connectivity index (χ1n) is 19.2. The van der Waals surface area contributed by atoms with Gasteiger partial charge in [-0.1, -0.05) is 127 Å². The minimum absolute atomic E-state index is 0.732. The molecular weight excluding hydrogens is 731 g/mol. The highest BCUT2D eigenvalue weighted by Crippen LogP contribution is 2.46. The van der Waals surface area contributed by atoms with Gasteiger partial charge in [0, 0.05) is 73.3 Å². The lowest BCUT2D eigenvalue weighted by molar-refractivity contribution is 1.18. The molecule has 0 atom stereocenters. The highest BCUT2D eigenvalue weighted by Gasteiger charge is 2.22. The van der Waals surface area contributed by atoms with Crippen LogP contribution in [-0.2, 0) is 0 Å². The van der Waals surface area contributed by atoms with Crippen molar-refractivity contribution in [3.8, 4) is 28.3 Å². The molecule has 4 aromatic heterocycles. The number of fused-ring (bicyclic) bond motifs is 14. The normalized spacial score (nSPS) is 12.2. The van der Waals surface area contributed by atoms with Crippen LogP contribution in [0.15, 0.2) is 176 Å². The lowest BCUT2D eigenvalue weighted by atomic mass is 10.00. The molecule has 0 bridgehead atoms. The number of rotatable bonds is 3. The van der Waals surface area contributed by atoms with Gasteiger partial charge in [0.25, 0.3) is 0 Å². The van der Waals surface area contributed by atoms with Crippen LogP contribution in [0.5, 0.6) is 0 Å². The Morgan fingerprint density at radius 2 is 0.982 bits per heavy atom. The van der Waals surface area contributed by atoms with E-state index in [1.165, 1.54) is 83.7 Å². The van der Waals surface area contributed by atoms with E-state index in [2.05, 4.69) is 180 Å². The molecule has 57 heavy (non-hydrogen) atoms. The average molecular weight is 760 g/mol. The Morgan fingerprint density at radius 1 is 0.404 bits per heavy atom. The predicted octanol–water partition coefficient (Wildman–Crippen LogP) is 15.1. The topological polar surface area (TPSA) is 30.7 Å². The molecule has 0 aliphatic rings. The average Bonchev–Trinajstić information content (AvgIpc) is 3.95. The van der Waals surface area contributed by atoms with Crippen LogP contribution in [0.1, 0.15) is 0 Å². The zero-order valence-corrected chi connectivity index (χ0v) is 32.0. The summed E-state index contributed by atoms with van der Waals surface area (Å²) in [5.41, 5.74) is 7.47. The Labute approximate surface area is 334 Å². The van der Waals surface area contributed by atoms with E-state index in [0.29, 0.717) is 0 Å². The molecule has 264 valence electrons. The number of benzene rings is 9. The molecule has 0 radical (unpaired) electrons. The molecule has 0 aliphatic heterocycles. The van der Waals surface area contributed by atoms with Gasteiger partial charge in [-0.05, 0) is 70.1 Å². The third-order valence-electron chi connectivity index (χ3n) is 11.8. The summed E-state index contributed by atoms with van der Waals surface area (Å²) in [4.78, 5) is 10.9. The van der Waals surface area contributed by atoms with Crippen LogP contribution < -0.4 is 0 Å². The monoisotopic (exact) mass is 759 g/mol. The fourth-order valence-corrected chi connectivity index (χ4v) is 11.6. The number of para-hydroxylation sites is 1. The quantitative estimate of drug-likeness (QED) is 0.180. The molecule has 0 spiro atoms. The lowest BCUT2D eigenvalue weighted by Gasteiger charge is -2.14. The Kier molecular flexibility index (Phi) is 6.48. The Bertz CT molecular complexity index is 3740. The minimum Gasteiger partial charge on any atom is -0.309 e. The zero-order valence-electron chi connectivity index (χ0n) is 30.4. The third-order valence-corrected chi connectivity index (χ3v) is 14.1. The number of hydrogen-bond donors (Lipinski definition) is 0. The van der Waals surface area contributed by atoms with Gasteiger partial charge < -0.3 is 4.57 Å². The fraction of sp³-hybridized carbons (Fsp3) is 0. The Hall–Kier alpha value is -6.92. The van der Waals surface area contributed by atoms with Crippen LogP contribution in [-0.4, -0.2) is 14.5 Å². The summed E-state index contributed by atoms with van der Waals surface area (Å²) in [6, 6.07) is 64.1. The first-order chi connectivity index (χ1) is 28.2. The van der Waals surface area contributed by atoms with E-state index < -0.39 is 0 Å². The number of hydrogen-bond acceptors (Lipinski definition) is 4. The van der Waals surface area contributed by atoms with E-state index in [0.717, 1.165) is 39.2 Å². The summed E-state index contributed by atoms with van der Waals surface area (Å²) >= 11 is 3.66. The summed E-state index contributed by atoms with van der Waals surface area (Å²) in [5.74, 6) is 0.732. The molecule has 0 N–H and O–H groups in total. The first kappa shape index (κ1) is 31.3. The maximum Gasteiger partial charge on any atom is 0.161 e. The van der Waals surface area contributed by atoms with Gasteiger partial charge in [-0.15, -0.1) is 22.7 Å². The summed E-state index contributed by atoms with van der Waals surface area (Å²) in [7, 11) is 0. The van der Waals surface area contributed by atoms with Crippen LogP contribution in [0.4, 0.5) is 0 Å². The van der Waals surface area contributed by atoms with Crippen molar-refractivity contribution in [1.82, 2.24) is 14.5 Å². The zero-order chi connectivity index (χ0) is 37.2. The van der Waals surface area contributed by atoms with E-state index in [-0.39, 0.29) is 0 Å². The molecule has 0 unspecified atom stereocenters. The number of aromatic nitrogens is 3. The molecule has 13 aromatic rings. The predicted molar refractivity (Wildman–Crippen MR) is 246 cm³/mol. The molecule has 0 fully saturated rings. The van der Waals surface area contributed by atoms with E-state index >= 15 is 0 Å². The van der Waals surface area contributed by atoms with Crippen molar-refractivity contribution in [2.24, 2.45) is 0 Å². The van der Waals surface area contributed by atoms with Crippen molar-refractivity contribution >= 4 is 117 Å². The van der Waals surface area contributed by atoms with Gasteiger partial charge in [-0.25, -0.2) is 9.97 Å². The molecule has 0 saturated heterocycles. The second-order valence-corrected chi connectivity index (χ2v) is 17.0. The van der Waals surface area contributed by atoms with E-state index in [9.17, 15) is 0 Å². The molecule has 0 saturated carbocycles. The SMILES string of the molecule is c1ccc2c(c1)ccc1c2c2c3ccccc3ccc2n1-c1cc(-c2nc(-c3ccc4c(c3)sc3ccccc34)c3ccccc3n2)c2sc3ccccc3c2c1. The highest BCUT2D eigenvalue weighted by molar-refractivity contribution is 7.26. The Balaban J connectivity index is 1.13. The molecule has 4 heterocycles. The van der Waals surface area contributed by atoms with Gasteiger partial charge in [0.05, 0.1) is 22.2 Å². The van der Waals surface area contributed by atoms with Crippen LogP contribution in [0.2, 0.25) is 0 Å². The fourth-order valence-electron chi connectivity index (χ4n) is 9.22. The molecule has 0 amide bonds. The van der Waals surface area contributed by atoms with Crippen molar-refractivity contribution in [3.63, 3.8) is 0 Å². The van der Waals surface area contributed by atoms with Crippen molar-refractivity contribution in [2.75, 3.05) is 0 Å². The van der Waals surface area contributed by atoms with Crippen molar-refractivity contribution in [3.05, 3.63) is 176 Å². The Morgan fingerprint density at radius 3 is 1.70 bits per heavy atom. The lowest BCUT2D eigenvalue weighted by Crippen LogP contribution is -1.98. The van der Waals surface area contributed by atoms with Gasteiger partial charge in [-0.3, -0.25) is 0 Å². The third kappa shape index (κ3) is 4.52. The second kappa shape index (κ2) is 11.8. The smallest absolute Gasteiger partial charge is 0.161 e. The van der Waals surface area contributed by atoms with Gasteiger partial charge >= 0.3 is 0 Å². The van der Waals surface area contributed by atoms with Crippen LogP contribution in [0.25, 0.3) is 123 Å². The van der Waals surface area contributed by atoms with E-state index in [1.807, 2.05) is 22.7 Å². The standard InChI is InChI=1S/C52H29N3S2/c1-3-13-34-30(11-1)22-25-43-48(34)49-35-14-4-2-12-31(35)23-26-44(49)55(43)33-28-40-37-16-7-10-20-46(37)57-51(40)41(29-33)52-53-42-18-8-5-17-39(42)50(54-52)32-21-24-38-36-15-6-9-19-45(36)56-47(38)27-32/h1-29H. The molecular formula is C52H29N3S2. The van der Waals surface area contributed by atoms with Crippen LogP contribution in [0.3, 0.4) is 0 Å². The van der Waals surface area contributed by atoms with Gasteiger partial charge in [0.1, 0.15) is 0 Å². The largest absolute Gasteiger partial charge is 0.309 e. The van der Waals surface area contributed by atoms with Crippen molar-refractivity contribution in [1.29, 1.82) is 0 Å². The molecule has 5 heteroatoms. The first-order valence-corrected chi connectivity index (χ1v) is 20.9. The van der Waals surface area contributed by atoms with Crippen LogP contribution in [0, 0.1) is 0 Å². The van der Waals surface area contributed by atoms with Gasteiger partial charge in [-0.2, -0.15) is 0 Å².